The molecule has 5 rings (SSSR count). The summed E-state index contributed by atoms with van der Waals surface area (Å²) in [5.74, 6) is 2.98. The largest absolute Gasteiger partial charge is 0.378 e. The number of nitrogens with zero attached hydrogens (tertiary/aromatic N) is 6. The molecule has 0 bridgehead atoms. The molecule has 0 spiro atoms. The van der Waals surface area contributed by atoms with Gasteiger partial charge in [-0.25, -0.2) is 9.67 Å². The first-order valence-corrected chi connectivity index (χ1v) is 10.3. The summed E-state index contributed by atoms with van der Waals surface area (Å²) in [7, 11) is 1.69. The highest BCUT2D eigenvalue weighted by Crippen LogP contribution is 2.43. The molecule has 2 aliphatic carbocycles. The third-order valence-corrected chi connectivity index (χ3v) is 6.39. The lowest BCUT2D eigenvalue weighted by Gasteiger charge is -2.37. The van der Waals surface area contributed by atoms with E-state index in [0.717, 1.165) is 50.0 Å². The molecule has 28 heavy (non-hydrogen) atoms. The van der Waals surface area contributed by atoms with Gasteiger partial charge >= 0.3 is 0 Å². The number of aromatic nitrogens is 5. The molecular formula is C20H28N6O2. The van der Waals surface area contributed by atoms with Gasteiger partial charge in [0.25, 0.3) is 0 Å². The van der Waals surface area contributed by atoms with Crippen molar-refractivity contribution >= 4 is 5.82 Å². The van der Waals surface area contributed by atoms with Crippen molar-refractivity contribution in [2.24, 2.45) is 17.8 Å². The Morgan fingerprint density at radius 3 is 2.75 bits per heavy atom. The zero-order valence-corrected chi connectivity index (χ0v) is 16.4. The fourth-order valence-electron chi connectivity index (χ4n) is 4.72. The van der Waals surface area contributed by atoms with Gasteiger partial charge in [0.2, 0.25) is 0 Å². The van der Waals surface area contributed by atoms with Crippen LogP contribution in [0.15, 0.2) is 24.8 Å². The number of anilines is 1. The first-order chi connectivity index (χ1) is 13.8. The average molecular weight is 384 g/mol. The lowest BCUT2D eigenvalue weighted by Crippen LogP contribution is -2.38. The Kier molecular flexibility index (Phi) is 4.98. The van der Waals surface area contributed by atoms with Gasteiger partial charge in [-0.3, -0.25) is 4.98 Å². The summed E-state index contributed by atoms with van der Waals surface area (Å²) in [6, 6.07) is 0.236. The molecule has 8 nitrogen and oxygen atoms in total. The molecule has 150 valence electrons. The van der Waals surface area contributed by atoms with E-state index in [9.17, 15) is 0 Å². The van der Waals surface area contributed by atoms with Crippen molar-refractivity contribution in [3.8, 4) is 0 Å². The van der Waals surface area contributed by atoms with Gasteiger partial charge in [-0.1, -0.05) is 5.21 Å². The lowest BCUT2D eigenvalue weighted by atomic mass is 9.77. The number of methoxy groups -OCH3 is 1. The van der Waals surface area contributed by atoms with Crippen molar-refractivity contribution in [2.75, 3.05) is 31.7 Å². The van der Waals surface area contributed by atoms with Gasteiger partial charge in [0, 0.05) is 39.2 Å². The fraction of sp³-hybridized carbons (Fsp3) is 0.700. The number of fused-ring (bicyclic) bond motifs is 1. The molecule has 4 atom stereocenters. The van der Waals surface area contributed by atoms with E-state index in [2.05, 4.69) is 25.2 Å². The predicted octanol–water partition coefficient (Wildman–Crippen LogP) is 2.10. The lowest BCUT2D eigenvalue weighted by molar-refractivity contribution is -0.0375. The molecule has 0 amide bonds. The van der Waals surface area contributed by atoms with Crippen LogP contribution < -0.4 is 4.90 Å². The SMILES string of the molecule is COCc1cn([C@@H]2C[C@@H]3CN(c4cnccn4)C[C@@H]3C[C@H]2OCC2CC2)nn1. The van der Waals surface area contributed by atoms with Gasteiger partial charge in [0.1, 0.15) is 11.5 Å². The van der Waals surface area contributed by atoms with Crippen LogP contribution in [0.4, 0.5) is 5.82 Å². The first kappa shape index (κ1) is 18.0. The van der Waals surface area contributed by atoms with E-state index >= 15 is 0 Å². The molecule has 0 N–H and O–H groups in total. The minimum atomic E-state index is 0.195. The highest BCUT2D eigenvalue weighted by molar-refractivity contribution is 5.37. The summed E-state index contributed by atoms with van der Waals surface area (Å²) in [5, 5.41) is 8.69. The molecule has 2 aromatic rings. The second-order valence-electron chi connectivity index (χ2n) is 8.47. The van der Waals surface area contributed by atoms with Crippen LogP contribution in [0.3, 0.4) is 0 Å². The number of rotatable bonds is 7. The summed E-state index contributed by atoms with van der Waals surface area (Å²) in [4.78, 5) is 11.1. The van der Waals surface area contributed by atoms with E-state index in [-0.39, 0.29) is 12.1 Å². The Labute approximate surface area is 165 Å². The van der Waals surface area contributed by atoms with Gasteiger partial charge in [0.15, 0.2) is 0 Å². The minimum Gasteiger partial charge on any atom is -0.378 e. The van der Waals surface area contributed by atoms with Crippen LogP contribution in [0, 0.1) is 17.8 Å². The standard InChI is InChI=1S/C20H28N6O2/c1-27-13-17-11-26(24-23-17)18-6-15-9-25(20-8-21-4-5-22-20)10-16(15)7-19(18)28-12-14-2-3-14/h4-5,8,11,14-16,18-19H,2-3,6-7,9-10,12-13H2,1H3/t15-,16+,18-,19-/m1/s1. The summed E-state index contributed by atoms with van der Waals surface area (Å²) in [6.07, 6.45) is 12.3. The Morgan fingerprint density at radius 2 is 2.00 bits per heavy atom. The van der Waals surface area contributed by atoms with Crippen LogP contribution in [0.25, 0.3) is 0 Å². The number of hydrogen-bond acceptors (Lipinski definition) is 7. The average Bonchev–Trinajstić information content (AvgIpc) is 3.28. The van der Waals surface area contributed by atoms with E-state index in [1.807, 2.05) is 17.1 Å². The summed E-state index contributed by atoms with van der Waals surface area (Å²) in [5.41, 5.74) is 0.873. The molecule has 2 aromatic heterocycles. The highest BCUT2D eigenvalue weighted by Gasteiger charge is 2.44. The molecule has 8 heteroatoms. The topological polar surface area (TPSA) is 78.2 Å². The molecule has 3 fully saturated rings. The zero-order valence-electron chi connectivity index (χ0n) is 16.4. The molecule has 1 saturated heterocycles. The second-order valence-corrected chi connectivity index (χ2v) is 8.47. The van der Waals surface area contributed by atoms with Crippen LogP contribution in [-0.2, 0) is 16.1 Å². The highest BCUT2D eigenvalue weighted by atomic mass is 16.5. The fourth-order valence-corrected chi connectivity index (χ4v) is 4.72. The van der Waals surface area contributed by atoms with Crippen LogP contribution >= 0.6 is 0 Å². The molecule has 0 aromatic carbocycles. The van der Waals surface area contributed by atoms with Crippen molar-refractivity contribution in [2.45, 2.75) is 44.4 Å². The Bertz CT molecular complexity index is 780. The Hall–Kier alpha value is -2.06. The molecule has 2 saturated carbocycles. The molecule has 3 heterocycles. The van der Waals surface area contributed by atoms with E-state index in [0.29, 0.717) is 18.4 Å². The molecule has 1 aliphatic heterocycles. The molecule has 3 aliphatic rings. The van der Waals surface area contributed by atoms with Gasteiger partial charge in [-0.15, -0.1) is 5.10 Å². The summed E-state index contributed by atoms with van der Waals surface area (Å²) >= 11 is 0. The van der Waals surface area contributed by atoms with Crippen molar-refractivity contribution in [3.05, 3.63) is 30.5 Å². The minimum absolute atomic E-state index is 0.195. The summed E-state index contributed by atoms with van der Waals surface area (Å²) < 4.78 is 13.7. The van der Waals surface area contributed by atoms with Crippen LogP contribution in [0.1, 0.15) is 37.4 Å². The van der Waals surface area contributed by atoms with Crippen molar-refractivity contribution < 1.29 is 9.47 Å². The van der Waals surface area contributed by atoms with Gasteiger partial charge in [-0.2, -0.15) is 0 Å². The first-order valence-electron chi connectivity index (χ1n) is 10.3. The van der Waals surface area contributed by atoms with Gasteiger partial charge in [0.05, 0.1) is 31.1 Å². The maximum absolute atomic E-state index is 6.43. The van der Waals surface area contributed by atoms with E-state index in [1.54, 1.807) is 19.5 Å². The van der Waals surface area contributed by atoms with E-state index in [4.69, 9.17) is 9.47 Å². The number of hydrogen-bond donors (Lipinski definition) is 0. The van der Waals surface area contributed by atoms with Crippen molar-refractivity contribution in [3.63, 3.8) is 0 Å². The smallest absolute Gasteiger partial charge is 0.147 e. The quantitative estimate of drug-likeness (QED) is 0.723. The number of ether oxygens (including phenoxy) is 2. The summed E-state index contributed by atoms with van der Waals surface area (Å²) in [6.45, 7) is 3.43. The maximum atomic E-state index is 6.43. The van der Waals surface area contributed by atoms with Crippen molar-refractivity contribution in [1.29, 1.82) is 0 Å². The van der Waals surface area contributed by atoms with Crippen LogP contribution in [-0.4, -0.2) is 57.9 Å². The third kappa shape index (κ3) is 3.75. The predicted molar refractivity (Wildman–Crippen MR) is 103 cm³/mol. The monoisotopic (exact) mass is 384 g/mol. The van der Waals surface area contributed by atoms with Crippen LogP contribution in [0.2, 0.25) is 0 Å². The maximum Gasteiger partial charge on any atom is 0.147 e. The molecule has 0 radical (unpaired) electrons. The van der Waals surface area contributed by atoms with E-state index < -0.39 is 0 Å². The zero-order chi connectivity index (χ0) is 18.9. The Balaban J connectivity index is 1.33. The van der Waals surface area contributed by atoms with E-state index in [1.165, 1.54) is 12.8 Å². The van der Waals surface area contributed by atoms with Crippen molar-refractivity contribution in [1.82, 2.24) is 25.0 Å². The van der Waals surface area contributed by atoms with Gasteiger partial charge < -0.3 is 14.4 Å². The van der Waals surface area contributed by atoms with Gasteiger partial charge in [-0.05, 0) is 43.4 Å². The third-order valence-electron chi connectivity index (χ3n) is 6.39. The molecule has 0 unspecified atom stereocenters. The normalized spacial score (nSPS) is 29.8. The van der Waals surface area contributed by atoms with Crippen LogP contribution in [0.5, 0.6) is 0 Å². The Morgan fingerprint density at radius 1 is 1.14 bits per heavy atom. The second kappa shape index (κ2) is 7.75. The molecular weight excluding hydrogens is 356 g/mol.